The quantitative estimate of drug-likeness (QED) is 0.297. The standard InChI is InChI=1S/C25H17F4N3O/c26-18-11-5-15(6-12-18)13-14-30-23-21-22(19-3-1-2-4-20(19)31-23)33-24(32-21)16-7-9-17(10-8-16)25(27,28)29/h1-12H,13-14H2,(H,30,31). The summed E-state index contributed by atoms with van der Waals surface area (Å²) in [5.74, 6) is 0.425. The average molecular weight is 451 g/mol. The zero-order valence-electron chi connectivity index (χ0n) is 17.2. The lowest BCUT2D eigenvalue weighted by Gasteiger charge is -2.08. The third-order valence-electron chi connectivity index (χ3n) is 5.31. The van der Waals surface area contributed by atoms with Crippen LogP contribution in [0.15, 0.2) is 77.2 Å². The normalized spacial score (nSPS) is 11.9. The van der Waals surface area contributed by atoms with Gasteiger partial charge in [0.15, 0.2) is 16.9 Å². The summed E-state index contributed by atoms with van der Waals surface area (Å²) in [6.45, 7) is 0.522. The maximum atomic E-state index is 13.1. The Kier molecular flexibility index (Phi) is 5.20. The van der Waals surface area contributed by atoms with Crippen LogP contribution in [0.2, 0.25) is 0 Å². The second kappa shape index (κ2) is 8.20. The van der Waals surface area contributed by atoms with Crippen molar-refractivity contribution >= 4 is 27.8 Å². The van der Waals surface area contributed by atoms with E-state index in [-0.39, 0.29) is 11.7 Å². The molecular weight excluding hydrogens is 434 g/mol. The minimum Gasteiger partial charge on any atom is -0.435 e. The molecule has 5 rings (SSSR count). The van der Waals surface area contributed by atoms with Crippen molar-refractivity contribution in [2.24, 2.45) is 0 Å². The Morgan fingerprint density at radius 3 is 2.30 bits per heavy atom. The van der Waals surface area contributed by atoms with E-state index in [0.29, 0.717) is 41.0 Å². The van der Waals surface area contributed by atoms with Crippen LogP contribution in [0.25, 0.3) is 33.5 Å². The Morgan fingerprint density at radius 1 is 0.848 bits per heavy atom. The predicted octanol–water partition coefficient (Wildman–Crippen LogP) is 6.86. The molecule has 2 heterocycles. The van der Waals surface area contributed by atoms with Crippen LogP contribution in [-0.4, -0.2) is 16.5 Å². The van der Waals surface area contributed by atoms with E-state index in [1.807, 2.05) is 24.3 Å². The van der Waals surface area contributed by atoms with E-state index in [4.69, 9.17) is 4.42 Å². The molecule has 0 aliphatic carbocycles. The molecule has 0 aliphatic heterocycles. The van der Waals surface area contributed by atoms with Gasteiger partial charge in [-0.25, -0.2) is 14.4 Å². The molecule has 0 atom stereocenters. The summed E-state index contributed by atoms with van der Waals surface area (Å²) in [4.78, 5) is 9.20. The molecule has 0 fully saturated rings. The van der Waals surface area contributed by atoms with Gasteiger partial charge in [-0.1, -0.05) is 24.3 Å². The van der Waals surface area contributed by atoms with E-state index in [1.54, 1.807) is 12.1 Å². The van der Waals surface area contributed by atoms with Crippen molar-refractivity contribution in [2.45, 2.75) is 12.6 Å². The van der Waals surface area contributed by atoms with Gasteiger partial charge in [0.2, 0.25) is 5.89 Å². The van der Waals surface area contributed by atoms with Crippen molar-refractivity contribution < 1.29 is 22.0 Å². The highest BCUT2D eigenvalue weighted by Gasteiger charge is 2.30. The molecular formula is C25H17F4N3O. The summed E-state index contributed by atoms with van der Waals surface area (Å²) in [7, 11) is 0. The summed E-state index contributed by atoms with van der Waals surface area (Å²) < 4.78 is 57.8. The summed E-state index contributed by atoms with van der Waals surface area (Å²) >= 11 is 0. The number of rotatable bonds is 5. The van der Waals surface area contributed by atoms with Gasteiger partial charge in [0.1, 0.15) is 5.82 Å². The molecule has 3 aromatic carbocycles. The smallest absolute Gasteiger partial charge is 0.416 e. The number of benzene rings is 3. The van der Waals surface area contributed by atoms with Crippen molar-refractivity contribution in [3.8, 4) is 11.5 Å². The molecule has 0 amide bonds. The topological polar surface area (TPSA) is 51.0 Å². The van der Waals surface area contributed by atoms with E-state index in [9.17, 15) is 17.6 Å². The Labute approximate surface area is 185 Å². The van der Waals surface area contributed by atoms with Gasteiger partial charge < -0.3 is 9.73 Å². The van der Waals surface area contributed by atoms with Gasteiger partial charge in [-0.05, 0) is 60.5 Å². The minimum absolute atomic E-state index is 0.207. The SMILES string of the molecule is Fc1ccc(CCNc2nc3ccccc3c3oc(-c4ccc(C(F)(F)F)cc4)nc23)cc1. The molecule has 166 valence electrons. The van der Waals surface area contributed by atoms with Crippen molar-refractivity contribution in [1.29, 1.82) is 0 Å². The van der Waals surface area contributed by atoms with E-state index >= 15 is 0 Å². The van der Waals surface area contributed by atoms with Crippen molar-refractivity contribution in [2.75, 3.05) is 11.9 Å². The molecule has 4 nitrogen and oxygen atoms in total. The fraction of sp³-hybridized carbons (Fsp3) is 0.120. The summed E-state index contributed by atoms with van der Waals surface area (Å²) in [6, 6.07) is 18.4. The number of aromatic nitrogens is 2. The first-order valence-corrected chi connectivity index (χ1v) is 10.2. The molecule has 33 heavy (non-hydrogen) atoms. The van der Waals surface area contributed by atoms with Gasteiger partial charge in [0.05, 0.1) is 11.1 Å². The van der Waals surface area contributed by atoms with Crippen LogP contribution >= 0.6 is 0 Å². The van der Waals surface area contributed by atoms with Crippen molar-refractivity contribution in [1.82, 2.24) is 9.97 Å². The van der Waals surface area contributed by atoms with Crippen LogP contribution in [0.5, 0.6) is 0 Å². The molecule has 0 radical (unpaired) electrons. The fourth-order valence-corrected chi connectivity index (χ4v) is 3.62. The highest BCUT2D eigenvalue weighted by atomic mass is 19.4. The second-order valence-corrected chi connectivity index (χ2v) is 7.55. The first-order valence-electron chi connectivity index (χ1n) is 10.2. The molecule has 0 saturated heterocycles. The Hall–Kier alpha value is -3.94. The van der Waals surface area contributed by atoms with E-state index in [0.717, 1.165) is 23.1 Å². The number of halogens is 4. The third-order valence-corrected chi connectivity index (χ3v) is 5.31. The molecule has 0 aliphatic rings. The van der Waals surface area contributed by atoms with E-state index in [2.05, 4.69) is 15.3 Å². The number of para-hydroxylation sites is 1. The lowest BCUT2D eigenvalue weighted by atomic mass is 10.1. The number of anilines is 1. The zero-order chi connectivity index (χ0) is 23.0. The van der Waals surface area contributed by atoms with Gasteiger partial charge in [-0.2, -0.15) is 13.2 Å². The van der Waals surface area contributed by atoms with Crippen molar-refractivity contribution in [3.63, 3.8) is 0 Å². The van der Waals surface area contributed by atoms with Crippen LogP contribution in [0.3, 0.4) is 0 Å². The minimum atomic E-state index is -4.42. The van der Waals surface area contributed by atoms with E-state index in [1.165, 1.54) is 24.3 Å². The Morgan fingerprint density at radius 2 is 1.58 bits per heavy atom. The predicted molar refractivity (Wildman–Crippen MR) is 118 cm³/mol. The fourth-order valence-electron chi connectivity index (χ4n) is 3.62. The zero-order valence-corrected chi connectivity index (χ0v) is 17.2. The van der Waals surface area contributed by atoms with Gasteiger partial charge >= 0.3 is 6.18 Å². The Bertz CT molecular complexity index is 1430. The van der Waals surface area contributed by atoms with Crippen LogP contribution in [0.4, 0.5) is 23.4 Å². The van der Waals surface area contributed by atoms with Crippen LogP contribution in [0, 0.1) is 5.82 Å². The molecule has 0 spiro atoms. The maximum absolute atomic E-state index is 13.1. The number of nitrogens with one attached hydrogen (secondary N) is 1. The first kappa shape index (κ1) is 20.9. The lowest BCUT2D eigenvalue weighted by Crippen LogP contribution is -2.07. The Balaban J connectivity index is 1.50. The van der Waals surface area contributed by atoms with Crippen molar-refractivity contribution in [3.05, 3.63) is 89.7 Å². The van der Waals surface area contributed by atoms with Gasteiger partial charge in [-0.15, -0.1) is 0 Å². The number of hydrogen-bond acceptors (Lipinski definition) is 4. The second-order valence-electron chi connectivity index (χ2n) is 7.55. The maximum Gasteiger partial charge on any atom is 0.416 e. The molecule has 8 heteroatoms. The van der Waals surface area contributed by atoms with Crippen LogP contribution in [-0.2, 0) is 12.6 Å². The number of nitrogens with zero attached hydrogens (tertiary/aromatic N) is 2. The van der Waals surface area contributed by atoms with Crippen LogP contribution in [0.1, 0.15) is 11.1 Å². The summed E-state index contributed by atoms with van der Waals surface area (Å²) in [5.41, 5.74) is 2.34. The number of oxazole rings is 1. The molecule has 0 saturated carbocycles. The van der Waals surface area contributed by atoms with Gasteiger partial charge in [-0.3, -0.25) is 0 Å². The number of hydrogen-bond donors (Lipinski definition) is 1. The summed E-state index contributed by atoms with van der Waals surface area (Å²) in [5, 5.41) is 4.01. The molecule has 0 bridgehead atoms. The molecule has 1 N–H and O–H groups in total. The number of fused-ring (bicyclic) bond motifs is 3. The average Bonchev–Trinajstić information content (AvgIpc) is 3.26. The highest BCUT2D eigenvalue weighted by molar-refractivity contribution is 6.05. The highest BCUT2D eigenvalue weighted by Crippen LogP contribution is 2.35. The van der Waals surface area contributed by atoms with Gasteiger partial charge in [0, 0.05) is 17.5 Å². The largest absolute Gasteiger partial charge is 0.435 e. The lowest BCUT2D eigenvalue weighted by molar-refractivity contribution is -0.137. The molecule has 5 aromatic rings. The molecule has 0 unspecified atom stereocenters. The third kappa shape index (κ3) is 4.24. The van der Waals surface area contributed by atoms with E-state index < -0.39 is 11.7 Å². The first-order chi connectivity index (χ1) is 15.9. The number of pyridine rings is 1. The molecule has 2 aromatic heterocycles. The van der Waals surface area contributed by atoms with Gasteiger partial charge in [0.25, 0.3) is 0 Å². The monoisotopic (exact) mass is 451 g/mol. The summed E-state index contributed by atoms with van der Waals surface area (Å²) in [6.07, 6.45) is -3.78. The number of alkyl halides is 3. The van der Waals surface area contributed by atoms with Crippen LogP contribution < -0.4 is 5.32 Å².